The number of aliphatic hydroxyl groups excluding tert-OH is 21. The molecule has 7 aliphatic heterocycles. The standard InChI is InChI=1S/C89H158N4O41/c1-6-8-10-12-14-16-18-20-21-22-23-25-27-29-31-33-35-37-60(105)93-50(51(102)36-34-32-30-28-26-24-19-17-15-13-11-9-7-2)44-121-84-75(117)72(114)79(57(43-98)127-84)132-87-76(118)81(67(109)58(128-87)45-122-82-62(91-48(4)100)68(110)77(55(41-96)125-82)130-85-73(115)70(112)65(107)54(40-95)124-85)133-83-63(92-49(5)101)69(111)78(56(42-97)126-83)131-86-74(116)71(113)66(108)59(129-86)46-123-89(88(119)120)38-52(103)61(90-47(3)99)80(134-89)64(106)53(104)39-94/h34,36,50-59,61-87,94-98,102-104,106-118H,6-33,35,37-46H2,1-5H3,(H,90,99)(H,91,100)(H,92,101)(H,93,105)(H,119,120)/b36-34+/t50-,51+,52?,53+,54?,55?,56?,57?,58?,59?,61+,62?,63?,64+,65-,66-,67-,68+,69+,70-,71-,72+,73?,74?,75?,76?,77+,78+,79+,80?,81-,82+,83-,84+,85-,86-,87-,89+/m0/s1. The summed E-state index contributed by atoms with van der Waals surface area (Å²) in [5.74, 6) is -8.13. The van der Waals surface area contributed by atoms with Crippen molar-refractivity contribution in [2.75, 3.05) is 52.9 Å². The number of amides is 4. The van der Waals surface area contributed by atoms with Gasteiger partial charge in [0.2, 0.25) is 23.6 Å². The van der Waals surface area contributed by atoms with Crippen LogP contribution in [0.1, 0.15) is 234 Å². The molecule has 0 spiro atoms. The van der Waals surface area contributed by atoms with Gasteiger partial charge in [-0.15, -0.1) is 0 Å². The van der Waals surface area contributed by atoms with E-state index in [1.807, 2.05) is 0 Å². The minimum Gasteiger partial charge on any atom is -0.477 e. The first kappa shape index (κ1) is 117. The summed E-state index contributed by atoms with van der Waals surface area (Å²) in [7, 11) is 0. The maximum Gasteiger partial charge on any atom is 0.364 e. The molecule has 0 saturated carbocycles. The molecule has 0 aromatic carbocycles. The first-order valence-corrected chi connectivity index (χ1v) is 48.1. The highest BCUT2D eigenvalue weighted by Gasteiger charge is 2.61. The zero-order valence-electron chi connectivity index (χ0n) is 77.7. The molecule has 134 heavy (non-hydrogen) atoms. The van der Waals surface area contributed by atoms with E-state index in [-0.39, 0.29) is 6.42 Å². The maximum absolute atomic E-state index is 13.8. The second-order valence-electron chi connectivity index (χ2n) is 36.4. The molecule has 0 aromatic rings. The van der Waals surface area contributed by atoms with E-state index in [2.05, 4.69) is 35.1 Å². The predicted molar refractivity (Wildman–Crippen MR) is 464 cm³/mol. The summed E-state index contributed by atoms with van der Waals surface area (Å²) in [6.45, 7) is -0.794. The van der Waals surface area contributed by atoms with Gasteiger partial charge in [-0.05, 0) is 19.3 Å². The molecule has 0 aliphatic carbocycles. The summed E-state index contributed by atoms with van der Waals surface area (Å²) in [6, 6.07) is -6.61. The molecule has 7 rings (SSSR count). The van der Waals surface area contributed by atoms with E-state index in [4.69, 9.17) is 66.3 Å². The summed E-state index contributed by atoms with van der Waals surface area (Å²) in [6.07, 6.45) is -32.7. The van der Waals surface area contributed by atoms with Crippen LogP contribution >= 0.6 is 0 Å². The molecular weight excluding hydrogens is 1780 g/mol. The van der Waals surface area contributed by atoms with Crippen molar-refractivity contribution in [3.63, 3.8) is 0 Å². The van der Waals surface area contributed by atoms with Gasteiger partial charge in [0.1, 0.15) is 165 Å². The number of carboxylic acid groups (broad SMARTS) is 1. The summed E-state index contributed by atoms with van der Waals surface area (Å²) >= 11 is 0. The van der Waals surface area contributed by atoms with E-state index in [1.165, 1.54) is 115 Å². The molecule has 0 bridgehead atoms. The Bertz CT molecular complexity index is 3340. The number of hydrogen-bond donors (Lipinski definition) is 26. The van der Waals surface area contributed by atoms with Crippen LogP contribution in [0.15, 0.2) is 12.2 Å². The quantitative estimate of drug-likeness (QED) is 0.0202. The zero-order chi connectivity index (χ0) is 98.5. The lowest BCUT2D eigenvalue weighted by molar-refractivity contribution is -0.386. The first-order chi connectivity index (χ1) is 64.0. The molecule has 0 radical (unpaired) electrons. The topological polar surface area (TPSA) is 708 Å². The second kappa shape index (κ2) is 60.2. The van der Waals surface area contributed by atoms with Crippen LogP contribution in [0.5, 0.6) is 0 Å². The number of aliphatic carboxylic acids is 1. The normalized spacial score (nSPS) is 36.9. The monoisotopic (exact) mass is 1940 g/mol. The number of unbranched alkanes of at least 4 members (excludes halogenated alkanes) is 27. The van der Waals surface area contributed by atoms with Gasteiger partial charge in [0.05, 0.1) is 77.1 Å². The average Bonchev–Trinajstić information content (AvgIpc) is 0.765. The Morgan fingerprint density at radius 3 is 1.23 bits per heavy atom. The lowest BCUT2D eigenvalue weighted by atomic mass is 9.88. The molecule has 38 atom stereocenters. The Kier molecular flexibility index (Phi) is 52.4. The van der Waals surface area contributed by atoms with Crippen molar-refractivity contribution >= 4 is 29.6 Å². The zero-order valence-corrected chi connectivity index (χ0v) is 77.7. The van der Waals surface area contributed by atoms with Crippen molar-refractivity contribution in [3.05, 3.63) is 12.2 Å². The third-order valence-electron chi connectivity index (χ3n) is 25.7. The molecule has 14 unspecified atom stereocenters. The van der Waals surface area contributed by atoms with Crippen LogP contribution in [0, 0.1) is 0 Å². The van der Waals surface area contributed by atoms with E-state index in [1.54, 1.807) is 6.08 Å². The fourth-order valence-corrected chi connectivity index (χ4v) is 17.8. The molecule has 45 nitrogen and oxygen atoms in total. The van der Waals surface area contributed by atoms with Crippen LogP contribution in [0.4, 0.5) is 0 Å². The Morgan fingerprint density at radius 1 is 0.396 bits per heavy atom. The molecule has 7 aliphatic rings. The molecule has 7 fully saturated rings. The van der Waals surface area contributed by atoms with E-state index in [0.29, 0.717) is 12.8 Å². The molecule has 0 aromatic heterocycles. The van der Waals surface area contributed by atoms with E-state index < -0.39 is 321 Å². The average molecular weight is 1940 g/mol. The number of aliphatic hydroxyl groups is 21. The molecule has 45 heteroatoms. The summed E-state index contributed by atoms with van der Waals surface area (Å²) < 4.78 is 83.5. The van der Waals surface area contributed by atoms with Crippen LogP contribution in [0.3, 0.4) is 0 Å². The molecular formula is C89H158N4O41. The van der Waals surface area contributed by atoms with E-state index in [0.717, 1.165) is 85.0 Å². The van der Waals surface area contributed by atoms with E-state index >= 15 is 0 Å². The minimum atomic E-state index is -3.06. The van der Waals surface area contributed by atoms with Gasteiger partial charge < -0.3 is 200 Å². The highest BCUT2D eigenvalue weighted by atomic mass is 16.8. The number of carbonyl (C=O) groups excluding carboxylic acids is 4. The van der Waals surface area contributed by atoms with Crippen LogP contribution in [-0.4, -0.2) is 427 Å². The van der Waals surface area contributed by atoms with Gasteiger partial charge in [0.15, 0.2) is 37.7 Å². The Morgan fingerprint density at radius 2 is 0.776 bits per heavy atom. The molecule has 780 valence electrons. The van der Waals surface area contributed by atoms with Crippen LogP contribution in [0.2, 0.25) is 0 Å². The Labute approximate surface area is 781 Å². The third-order valence-corrected chi connectivity index (χ3v) is 25.7. The van der Waals surface area contributed by atoms with Gasteiger partial charge in [0.25, 0.3) is 5.79 Å². The first-order valence-electron chi connectivity index (χ1n) is 48.1. The molecule has 26 N–H and O–H groups in total. The van der Waals surface area contributed by atoms with Gasteiger partial charge in [-0.3, -0.25) is 19.2 Å². The number of carbonyl (C=O) groups is 5. The smallest absolute Gasteiger partial charge is 0.364 e. The molecule has 7 saturated heterocycles. The number of hydrogen-bond acceptors (Lipinski definition) is 40. The largest absolute Gasteiger partial charge is 0.477 e. The summed E-state index contributed by atoms with van der Waals surface area (Å²) in [5.41, 5.74) is 0. The Hall–Kier alpha value is -4.31. The van der Waals surface area contributed by atoms with Crippen LogP contribution < -0.4 is 21.3 Å². The number of nitrogens with one attached hydrogen (secondary N) is 4. The fraction of sp³-hybridized carbons (Fsp3) is 0.921. The summed E-state index contributed by atoms with van der Waals surface area (Å²) in [4.78, 5) is 65.2. The van der Waals surface area contributed by atoms with Gasteiger partial charge in [-0.2, -0.15) is 0 Å². The minimum absolute atomic E-state index is 0.109. The number of ether oxygens (including phenoxy) is 14. The highest BCUT2D eigenvalue weighted by molar-refractivity contribution is 5.77. The highest BCUT2D eigenvalue weighted by Crippen LogP contribution is 2.40. The van der Waals surface area contributed by atoms with Crippen molar-refractivity contribution in [1.82, 2.24) is 21.3 Å². The van der Waals surface area contributed by atoms with Gasteiger partial charge in [-0.1, -0.05) is 193 Å². The third kappa shape index (κ3) is 34.5. The predicted octanol–water partition coefficient (Wildman–Crippen LogP) is -4.47. The van der Waals surface area contributed by atoms with Crippen molar-refractivity contribution in [2.24, 2.45) is 0 Å². The number of allylic oxidation sites excluding steroid dienone is 1. The van der Waals surface area contributed by atoms with Crippen molar-refractivity contribution in [1.29, 1.82) is 0 Å². The van der Waals surface area contributed by atoms with Crippen LogP contribution in [0.25, 0.3) is 0 Å². The fourth-order valence-electron chi connectivity index (χ4n) is 17.8. The molecule has 4 amide bonds. The van der Waals surface area contributed by atoms with Crippen molar-refractivity contribution in [2.45, 2.75) is 466 Å². The SMILES string of the molecule is CCCCCCCCCCCCC/C=C/[C@@H](O)[C@H](CO[C@@H]1OC(CO)[C@@H](O[C@@H]2OC(CO[C@@H]3OC(CO)[C@@H](O[C@@H]4OC(CO)[C@H](O)[C@H](O)C4O)[C@H](O)C3NC(C)=O)[C@H](O)[C@H](O[C@@H]3OC(CO)[C@@H](O[C@@H]4OC(CO[C@]5(C(=O)O)CC(O)[C@@H](NC(C)=O)C([C@H](O)[C@H](O)CO)O5)[C@H](O)[C@H](O)C4O)[C@H](O)C3NC(C)=O)C2O)[C@H](O)C1O)NC(=O)CCCCCCCCCCCCCCCCCCC. The number of rotatable bonds is 61. The van der Waals surface area contributed by atoms with Gasteiger partial charge in [-0.25, -0.2) is 4.79 Å². The van der Waals surface area contributed by atoms with Crippen molar-refractivity contribution < 1.29 is 203 Å². The van der Waals surface area contributed by atoms with Crippen molar-refractivity contribution in [3.8, 4) is 0 Å². The lowest BCUT2D eigenvalue weighted by Crippen LogP contribution is -2.70. The van der Waals surface area contributed by atoms with Crippen LogP contribution in [-0.2, 0) is 90.3 Å². The maximum atomic E-state index is 13.8. The molecule has 7 heterocycles. The summed E-state index contributed by atoms with van der Waals surface area (Å²) in [5, 5.41) is 257. The Balaban J connectivity index is 1.11. The lowest BCUT2D eigenvalue weighted by Gasteiger charge is -2.50. The number of carboxylic acids is 1. The second-order valence-corrected chi connectivity index (χ2v) is 36.4. The van der Waals surface area contributed by atoms with E-state index in [9.17, 15) is 136 Å². The van der Waals surface area contributed by atoms with Gasteiger partial charge >= 0.3 is 5.97 Å². The van der Waals surface area contributed by atoms with Gasteiger partial charge in [0, 0.05) is 33.6 Å².